The Hall–Kier alpha value is -1.93. The number of fused-ring (bicyclic) bond motifs is 1. The molecule has 0 fully saturated rings. The Balaban J connectivity index is 2.10. The first-order valence-corrected chi connectivity index (χ1v) is 6.36. The summed E-state index contributed by atoms with van der Waals surface area (Å²) < 4.78 is 1.07. The van der Waals surface area contributed by atoms with Crippen molar-refractivity contribution in [3.05, 3.63) is 46.3 Å². The maximum absolute atomic E-state index is 9.08. The van der Waals surface area contributed by atoms with Gasteiger partial charge in [-0.3, -0.25) is 0 Å². The van der Waals surface area contributed by atoms with Crippen molar-refractivity contribution in [2.45, 2.75) is 6.42 Å². The lowest BCUT2D eigenvalue weighted by atomic mass is 10.2. The Labute approximate surface area is 113 Å². The lowest BCUT2D eigenvalue weighted by Gasteiger charge is -2.18. The molecular weight excluding hydrogens is 292 g/mol. The highest BCUT2D eigenvalue weighted by Crippen LogP contribution is 2.35. The summed E-state index contributed by atoms with van der Waals surface area (Å²) in [5.41, 5.74) is 2.74. The molecule has 0 aliphatic carbocycles. The maximum atomic E-state index is 9.08. The third kappa shape index (κ3) is 1.75. The van der Waals surface area contributed by atoms with E-state index in [0.717, 1.165) is 23.1 Å². The normalized spacial score (nSPS) is 13.2. The van der Waals surface area contributed by atoms with E-state index in [1.165, 1.54) is 5.56 Å². The molecule has 1 aliphatic heterocycles. The summed E-state index contributed by atoms with van der Waals surface area (Å²) in [4.78, 5) is 10.4. The van der Waals surface area contributed by atoms with Gasteiger partial charge in [0.05, 0.1) is 0 Å². The molecule has 2 heterocycles. The molecule has 0 amide bonds. The first-order valence-electron chi connectivity index (χ1n) is 5.56. The van der Waals surface area contributed by atoms with Crippen LogP contribution in [0.25, 0.3) is 0 Å². The van der Waals surface area contributed by atoms with Crippen molar-refractivity contribution in [1.82, 2.24) is 9.97 Å². The summed E-state index contributed by atoms with van der Waals surface area (Å²) in [7, 11) is 0. The number of aromatic nitrogens is 2. The molecule has 3 rings (SSSR count). The highest BCUT2D eigenvalue weighted by Gasteiger charge is 2.23. The zero-order chi connectivity index (χ0) is 12.5. The molecule has 4 nitrogen and oxygen atoms in total. The zero-order valence-corrected chi connectivity index (χ0v) is 11.1. The fourth-order valence-electron chi connectivity index (χ4n) is 2.20. The van der Waals surface area contributed by atoms with Crippen molar-refractivity contribution in [2.24, 2.45) is 0 Å². The minimum atomic E-state index is 0.369. The Morgan fingerprint density at radius 3 is 2.94 bits per heavy atom. The first-order chi connectivity index (χ1) is 8.79. The average molecular weight is 301 g/mol. The van der Waals surface area contributed by atoms with E-state index >= 15 is 0 Å². The van der Waals surface area contributed by atoms with Crippen LogP contribution in [-0.2, 0) is 6.42 Å². The van der Waals surface area contributed by atoms with Crippen LogP contribution in [0, 0.1) is 11.3 Å². The summed E-state index contributed by atoms with van der Waals surface area (Å²) >= 11 is 3.47. The van der Waals surface area contributed by atoms with Gasteiger partial charge in [-0.25, -0.2) is 9.97 Å². The molecule has 0 radical (unpaired) electrons. The van der Waals surface area contributed by atoms with E-state index in [9.17, 15) is 0 Å². The van der Waals surface area contributed by atoms with Gasteiger partial charge in [-0.1, -0.05) is 15.9 Å². The fraction of sp³-hybridized carbons (Fsp3) is 0.154. The van der Waals surface area contributed by atoms with Crippen LogP contribution in [-0.4, -0.2) is 16.5 Å². The van der Waals surface area contributed by atoms with Gasteiger partial charge in [0.15, 0.2) is 11.5 Å². The van der Waals surface area contributed by atoms with Gasteiger partial charge in [0, 0.05) is 29.1 Å². The topological polar surface area (TPSA) is 52.8 Å². The number of hydrogen-bond donors (Lipinski definition) is 0. The third-order valence-electron chi connectivity index (χ3n) is 2.98. The zero-order valence-electron chi connectivity index (χ0n) is 9.47. The molecule has 88 valence electrons. The van der Waals surface area contributed by atoms with E-state index in [1.807, 2.05) is 17.0 Å². The molecule has 0 bridgehead atoms. The van der Waals surface area contributed by atoms with E-state index < -0.39 is 0 Å². The Kier molecular flexibility index (Phi) is 2.73. The highest BCUT2D eigenvalue weighted by molar-refractivity contribution is 9.10. The molecule has 5 heteroatoms. The van der Waals surface area contributed by atoms with Gasteiger partial charge in [0.25, 0.3) is 0 Å². The number of halogens is 1. The van der Waals surface area contributed by atoms with Crippen molar-refractivity contribution < 1.29 is 0 Å². The van der Waals surface area contributed by atoms with E-state index in [0.29, 0.717) is 11.5 Å². The summed E-state index contributed by atoms with van der Waals surface area (Å²) in [5, 5.41) is 9.08. The Bertz CT molecular complexity index is 648. The molecule has 0 saturated heterocycles. The molecule has 1 aromatic carbocycles. The van der Waals surface area contributed by atoms with Gasteiger partial charge in [0.2, 0.25) is 0 Å². The third-order valence-corrected chi connectivity index (χ3v) is 3.47. The molecule has 1 aromatic heterocycles. The van der Waals surface area contributed by atoms with Crippen LogP contribution in [0.4, 0.5) is 11.5 Å². The van der Waals surface area contributed by atoms with Gasteiger partial charge in [-0.15, -0.1) is 0 Å². The molecule has 0 unspecified atom stereocenters. The second-order valence-electron chi connectivity index (χ2n) is 4.02. The van der Waals surface area contributed by atoms with Gasteiger partial charge in [-0.2, -0.15) is 5.26 Å². The summed E-state index contributed by atoms with van der Waals surface area (Å²) in [6, 6.07) is 8.24. The number of nitrogens with zero attached hydrogens (tertiary/aromatic N) is 4. The maximum Gasteiger partial charge on any atom is 0.183 e. The molecular formula is C13H9BrN4. The van der Waals surface area contributed by atoms with Crippen LogP contribution in [0.15, 0.2) is 35.1 Å². The number of benzene rings is 1. The Morgan fingerprint density at radius 2 is 2.11 bits per heavy atom. The second kappa shape index (κ2) is 4.39. The number of hydrogen-bond acceptors (Lipinski definition) is 4. The van der Waals surface area contributed by atoms with Crippen LogP contribution in [0.1, 0.15) is 11.3 Å². The van der Waals surface area contributed by atoms with Crippen molar-refractivity contribution in [3.8, 4) is 6.07 Å². The van der Waals surface area contributed by atoms with E-state index in [1.54, 1.807) is 12.4 Å². The van der Waals surface area contributed by atoms with Crippen molar-refractivity contribution >= 4 is 27.4 Å². The van der Waals surface area contributed by atoms with Crippen LogP contribution >= 0.6 is 15.9 Å². The van der Waals surface area contributed by atoms with Gasteiger partial charge in [0.1, 0.15) is 6.07 Å². The largest absolute Gasteiger partial charge is 0.323 e. The summed E-state index contributed by atoms with van der Waals surface area (Å²) in [6.07, 6.45) is 4.11. The van der Waals surface area contributed by atoms with Gasteiger partial charge < -0.3 is 4.90 Å². The van der Waals surface area contributed by atoms with Gasteiger partial charge in [-0.05, 0) is 30.2 Å². The molecule has 0 N–H and O–H groups in total. The average Bonchev–Trinajstić information content (AvgIpc) is 2.81. The number of nitriles is 1. The van der Waals surface area contributed by atoms with Crippen LogP contribution in [0.3, 0.4) is 0 Å². The standard InChI is InChI=1S/C13H9BrN4/c14-10-1-2-12-9(7-10)3-6-18(12)13-11(8-15)16-4-5-17-13/h1-2,4-5,7H,3,6H2. The van der Waals surface area contributed by atoms with E-state index in [2.05, 4.69) is 38.0 Å². The van der Waals surface area contributed by atoms with Crippen molar-refractivity contribution in [3.63, 3.8) is 0 Å². The predicted molar refractivity (Wildman–Crippen MR) is 71.6 cm³/mol. The van der Waals surface area contributed by atoms with Crippen LogP contribution in [0.5, 0.6) is 0 Å². The highest BCUT2D eigenvalue weighted by atomic mass is 79.9. The molecule has 18 heavy (non-hydrogen) atoms. The Morgan fingerprint density at radius 1 is 1.28 bits per heavy atom. The van der Waals surface area contributed by atoms with Crippen molar-refractivity contribution in [1.29, 1.82) is 5.26 Å². The van der Waals surface area contributed by atoms with Crippen LogP contribution < -0.4 is 4.90 Å². The van der Waals surface area contributed by atoms with Crippen molar-refractivity contribution in [2.75, 3.05) is 11.4 Å². The van der Waals surface area contributed by atoms with Crippen LogP contribution in [0.2, 0.25) is 0 Å². The lowest BCUT2D eigenvalue weighted by molar-refractivity contribution is 0.958. The fourth-order valence-corrected chi connectivity index (χ4v) is 2.61. The predicted octanol–water partition coefficient (Wildman–Crippen LogP) is 2.80. The molecule has 0 spiro atoms. The summed E-state index contributed by atoms with van der Waals surface area (Å²) in [5.74, 6) is 0.640. The smallest absolute Gasteiger partial charge is 0.183 e. The van der Waals surface area contributed by atoms with Gasteiger partial charge >= 0.3 is 0 Å². The molecule has 0 atom stereocenters. The first kappa shape index (κ1) is 11.2. The second-order valence-corrected chi connectivity index (χ2v) is 4.93. The monoisotopic (exact) mass is 300 g/mol. The minimum absolute atomic E-state index is 0.369. The summed E-state index contributed by atoms with van der Waals surface area (Å²) in [6.45, 7) is 0.832. The number of rotatable bonds is 1. The quantitative estimate of drug-likeness (QED) is 0.812. The SMILES string of the molecule is N#Cc1nccnc1N1CCc2cc(Br)ccc21. The molecule has 0 saturated carbocycles. The molecule has 1 aliphatic rings. The van der Waals surface area contributed by atoms with E-state index in [4.69, 9.17) is 5.26 Å². The lowest BCUT2D eigenvalue weighted by Crippen LogP contribution is -2.16. The van der Waals surface area contributed by atoms with E-state index in [-0.39, 0.29) is 0 Å². The number of anilines is 2. The minimum Gasteiger partial charge on any atom is -0.323 e. The molecule has 2 aromatic rings.